The minimum Gasteiger partial charge on any atom is -0.496 e. The van der Waals surface area contributed by atoms with Crippen molar-refractivity contribution in [2.24, 2.45) is 0 Å². The van der Waals surface area contributed by atoms with Crippen molar-refractivity contribution in [3.63, 3.8) is 0 Å². The highest BCUT2D eigenvalue weighted by Crippen LogP contribution is 2.44. The Balaban J connectivity index is 2.13. The first kappa shape index (κ1) is 18.1. The van der Waals surface area contributed by atoms with Gasteiger partial charge in [0.05, 0.1) is 31.9 Å². The van der Waals surface area contributed by atoms with Gasteiger partial charge in [-0.1, -0.05) is 36.4 Å². The maximum Gasteiger partial charge on any atom is 0.166 e. The largest absolute Gasteiger partial charge is 0.496 e. The van der Waals surface area contributed by atoms with Crippen LogP contribution in [0.1, 0.15) is 0 Å². The Morgan fingerprint density at radius 1 is 0.500 bits per heavy atom. The molecule has 3 aromatic rings. The number of methoxy groups -OCH3 is 3. The molecule has 0 amide bonds. The Morgan fingerprint density at radius 2 is 0.885 bits per heavy atom. The number of para-hydroxylation sites is 4. The van der Waals surface area contributed by atoms with Crippen molar-refractivity contribution in [2.45, 2.75) is 0 Å². The van der Waals surface area contributed by atoms with Crippen LogP contribution < -0.4 is 29.3 Å². The molecule has 0 saturated carbocycles. The van der Waals surface area contributed by atoms with Crippen LogP contribution in [0.3, 0.4) is 0 Å². The van der Waals surface area contributed by atoms with Crippen LogP contribution in [0.5, 0.6) is 23.0 Å². The minimum absolute atomic E-state index is 0.679. The SMILES string of the molecule is COc1ccccc1OP(c1ccccc1OC)c1ccccc1OC. The molecule has 0 N–H and O–H groups in total. The van der Waals surface area contributed by atoms with Crippen molar-refractivity contribution < 1.29 is 18.7 Å². The zero-order chi connectivity index (χ0) is 18.4. The van der Waals surface area contributed by atoms with Gasteiger partial charge in [-0.2, -0.15) is 0 Å². The van der Waals surface area contributed by atoms with Crippen LogP contribution in [0.4, 0.5) is 0 Å². The highest BCUT2D eigenvalue weighted by molar-refractivity contribution is 7.69. The molecule has 134 valence electrons. The van der Waals surface area contributed by atoms with Crippen LogP contribution in [-0.4, -0.2) is 21.3 Å². The maximum atomic E-state index is 6.47. The Kier molecular flexibility index (Phi) is 5.98. The number of hydrogen-bond donors (Lipinski definition) is 0. The van der Waals surface area contributed by atoms with E-state index < -0.39 is 8.15 Å². The molecule has 0 aliphatic heterocycles. The molecule has 0 saturated heterocycles. The van der Waals surface area contributed by atoms with Gasteiger partial charge in [0, 0.05) is 0 Å². The molecule has 0 aliphatic carbocycles. The van der Waals surface area contributed by atoms with Gasteiger partial charge in [0.25, 0.3) is 0 Å². The van der Waals surface area contributed by atoms with Crippen molar-refractivity contribution in [2.75, 3.05) is 21.3 Å². The average Bonchev–Trinajstić information content (AvgIpc) is 2.72. The Labute approximate surface area is 155 Å². The van der Waals surface area contributed by atoms with Gasteiger partial charge >= 0.3 is 0 Å². The molecule has 0 fully saturated rings. The molecule has 0 spiro atoms. The zero-order valence-electron chi connectivity index (χ0n) is 15.0. The summed E-state index contributed by atoms with van der Waals surface area (Å²) in [4.78, 5) is 0. The first-order valence-electron chi connectivity index (χ1n) is 8.15. The zero-order valence-corrected chi connectivity index (χ0v) is 15.9. The van der Waals surface area contributed by atoms with E-state index in [0.29, 0.717) is 11.5 Å². The predicted molar refractivity (Wildman–Crippen MR) is 106 cm³/mol. The molecule has 3 aromatic carbocycles. The van der Waals surface area contributed by atoms with Crippen LogP contribution in [0, 0.1) is 0 Å². The first-order chi connectivity index (χ1) is 12.8. The average molecular weight is 368 g/mol. The summed E-state index contributed by atoms with van der Waals surface area (Å²) in [6.45, 7) is 0. The smallest absolute Gasteiger partial charge is 0.166 e. The summed E-state index contributed by atoms with van der Waals surface area (Å²) in [5, 5.41) is 1.95. The van der Waals surface area contributed by atoms with E-state index in [1.807, 2.05) is 72.8 Å². The van der Waals surface area contributed by atoms with Crippen LogP contribution >= 0.6 is 8.15 Å². The molecule has 0 atom stereocenters. The second kappa shape index (κ2) is 8.59. The van der Waals surface area contributed by atoms with Gasteiger partial charge in [0.15, 0.2) is 19.6 Å². The topological polar surface area (TPSA) is 36.9 Å². The fraction of sp³-hybridized carbons (Fsp3) is 0.143. The molecule has 0 heterocycles. The quantitative estimate of drug-likeness (QED) is 0.588. The van der Waals surface area contributed by atoms with Crippen LogP contribution in [0.15, 0.2) is 72.8 Å². The van der Waals surface area contributed by atoms with E-state index >= 15 is 0 Å². The van der Waals surface area contributed by atoms with Gasteiger partial charge in [0.1, 0.15) is 11.5 Å². The van der Waals surface area contributed by atoms with Gasteiger partial charge in [-0.05, 0) is 36.4 Å². The van der Waals surface area contributed by atoms with Crippen molar-refractivity contribution in [3.05, 3.63) is 72.8 Å². The van der Waals surface area contributed by atoms with Gasteiger partial charge in [-0.25, -0.2) is 0 Å². The van der Waals surface area contributed by atoms with Crippen molar-refractivity contribution in [3.8, 4) is 23.0 Å². The first-order valence-corrected chi connectivity index (χ1v) is 9.41. The third-order valence-corrected chi connectivity index (χ3v) is 5.86. The van der Waals surface area contributed by atoms with E-state index in [-0.39, 0.29) is 0 Å². The highest BCUT2D eigenvalue weighted by atomic mass is 31.1. The normalized spacial score (nSPS) is 10.5. The minimum atomic E-state index is -1.23. The second-order valence-electron chi connectivity index (χ2n) is 5.38. The van der Waals surface area contributed by atoms with E-state index in [0.717, 1.165) is 22.1 Å². The Bertz CT molecular complexity index is 818. The fourth-order valence-corrected chi connectivity index (χ4v) is 4.59. The molecule has 3 rings (SSSR count). The highest BCUT2D eigenvalue weighted by Gasteiger charge is 2.25. The summed E-state index contributed by atoms with van der Waals surface area (Å²) in [7, 11) is 3.73. The molecule has 0 aromatic heterocycles. The molecular weight excluding hydrogens is 347 g/mol. The summed E-state index contributed by atoms with van der Waals surface area (Å²) in [6.07, 6.45) is 0. The number of hydrogen-bond acceptors (Lipinski definition) is 4. The van der Waals surface area contributed by atoms with E-state index in [9.17, 15) is 0 Å². The molecule has 0 unspecified atom stereocenters. The molecule has 5 heteroatoms. The predicted octanol–water partition coefficient (Wildman–Crippen LogP) is 4.14. The number of rotatable bonds is 7. The van der Waals surface area contributed by atoms with E-state index in [1.165, 1.54) is 0 Å². The Hall–Kier alpha value is -2.71. The maximum absolute atomic E-state index is 6.47. The van der Waals surface area contributed by atoms with Crippen molar-refractivity contribution in [1.29, 1.82) is 0 Å². The molecule has 0 radical (unpaired) electrons. The third-order valence-electron chi connectivity index (χ3n) is 3.87. The lowest BCUT2D eigenvalue weighted by atomic mass is 10.3. The molecule has 4 nitrogen and oxygen atoms in total. The van der Waals surface area contributed by atoms with Gasteiger partial charge in [-0.3, -0.25) is 0 Å². The summed E-state index contributed by atoms with van der Waals surface area (Å²) in [6, 6.07) is 23.4. The molecule has 0 bridgehead atoms. The Morgan fingerprint density at radius 3 is 1.35 bits per heavy atom. The van der Waals surface area contributed by atoms with E-state index in [2.05, 4.69) is 0 Å². The third kappa shape index (κ3) is 3.76. The lowest BCUT2D eigenvalue weighted by molar-refractivity contribution is 0.397. The van der Waals surface area contributed by atoms with Gasteiger partial charge in [0.2, 0.25) is 0 Å². The lowest BCUT2D eigenvalue weighted by Gasteiger charge is -2.23. The summed E-state index contributed by atoms with van der Waals surface area (Å²) < 4.78 is 23.1. The summed E-state index contributed by atoms with van der Waals surface area (Å²) in [5.74, 6) is 2.92. The van der Waals surface area contributed by atoms with Gasteiger partial charge in [-0.15, -0.1) is 0 Å². The lowest BCUT2D eigenvalue weighted by Crippen LogP contribution is -2.19. The standard InChI is InChI=1S/C21H21O4P/c1-22-16-10-4-5-11-17(16)25-26(20-14-8-6-12-18(20)23-2)21-15-9-7-13-19(21)24-3/h4-15H,1-3H3. The van der Waals surface area contributed by atoms with Crippen LogP contribution in [0.25, 0.3) is 0 Å². The molecule has 26 heavy (non-hydrogen) atoms. The monoisotopic (exact) mass is 368 g/mol. The van der Waals surface area contributed by atoms with Crippen molar-refractivity contribution in [1.82, 2.24) is 0 Å². The van der Waals surface area contributed by atoms with Crippen LogP contribution in [0.2, 0.25) is 0 Å². The molecular formula is C21H21O4P. The summed E-state index contributed by atoms with van der Waals surface area (Å²) >= 11 is 0. The van der Waals surface area contributed by atoms with Crippen molar-refractivity contribution >= 4 is 18.8 Å². The van der Waals surface area contributed by atoms with E-state index in [4.69, 9.17) is 18.7 Å². The van der Waals surface area contributed by atoms with E-state index in [1.54, 1.807) is 21.3 Å². The fourth-order valence-electron chi connectivity index (χ4n) is 2.62. The molecule has 0 aliphatic rings. The van der Waals surface area contributed by atoms with Crippen LogP contribution in [-0.2, 0) is 0 Å². The number of ether oxygens (including phenoxy) is 3. The second-order valence-corrected chi connectivity index (χ2v) is 7.12. The van der Waals surface area contributed by atoms with Gasteiger partial charge < -0.3 is 18.7 Å². The number of benzene rings is 3. The summed E-state index contributed by atoms with van der Waals surface area (Å²) in [5.41, 5.74) is 0.